The van der Waals surface area contributed by atoms with Gasteiger partial charge in [-0.1, -0.05) is 12.7 Å². The van der Waals surface area contributed by atoms with Gasteiger partial charge in [0.1, 0.15) is 11.5 Å². The molecule has 0 aliphatic heterocycles. The van der Waals surface area contributed by atoms with Crippen molar-refractivity contribution in [1.82, 2.24) is 4.98 Å². The molecular weight excluding hydrogens is 154 g/mol. The van der Waals surface area contributed by atoms with Crippen LogP contribution >= 0.6 is 0 Å². The highest BCUT2D eigenvalue weighted by Crippen LogP contribution is 2.27. The van der Waals surface area contributed by atoms with Crippen LogP contribution in [0.25, 0.3) is 6.08 Å². The molecule has 0 saturated heterocycles. The molecule has 0 fully saturated rings. The van der Waals surface area contributed by atoms with Gasteiger partial charge < -0.3 is 9.47 Å². The Kier molecular flexibility index (Phi) is 2.69. The second kappa shape index (κ2) is 3.76. The van der Waals surface area contributed by atoms with Crippen LogP contribution in [0.3, 0.4) is 0 Å². The molecule has 0 amide bonds. The zero-order chi connectivity index (χ0) is 8.97. The average Bonchev–Trinajstić information content (AvgIpc) is 2.16. The Morgan fingerprint density at radius 2 is 1.75 bits per heavy atom. The van der Waals surface area contributed by atoms with Crippen LogP contribution in [0.1, 0.15) is 5.56 Å². The average molecular weight is 165 g/mol. The lowest BCUT2D eigenvalue weighted by Crippen LogP contribution is -1.93. The van der Waals surface area contributed by atoms with Crippen molar-refractivity contribution in [3.63, 3.8) is 0 Å². The van der Waals surface area contributed by atoms with Gasteiger partial charge in [-0.05, 0) is 0 Å². The number of nitrogens with zero attached hydrogens (tertiary/aromatic N) is 1. The Labute approximate surface area is 71.6 Å². The van der Waals surface area contributed by atoms with E-state index in [4.69, 9.17) is 9.47 Å². The third kappa shape index (κ3) is 1.39. The lowest BCUT2D eigenvalue weighted by Gasteiger charge is -2.07. The molecule has 1 aromatic heterocycles. The van der Waals surface area contributed by atoms with Crippen LogP contribution in [0.4, 0.5) is 0 Å². The fourth-order valence-corrected chi connectivity index (χ4v) is 0.960. The third-order valence-electron chi connectivity index (χ3n) is 1.56. The maximum Gasteiger partial charge on any atom is 0.148 e. The minimum atomic E-state index is 0.671. The predicted octanol–water partition coefficient (Wildman–Crippen LogP) is 1.74. The summed E-state index contributed by atoms with van der Waals surface area (Å²) in [5.74, 6) is 1.34. The number of methoxy groups -OCH3 is 2. The van der Waals surface area contributed by atoms with Gasteiger partial charge in [-0.2, -0.15) is 0 Å². The monoisotopic (exact) mass is 165 g/mol. The maximum atomic E-state index is 5.06. The van der Waals surface area contributed by atoms with Crippen LogP contribution < -0.4 is 9.47 Å². The molecule has 0 radical (unpaired) electrons. The van der Waals surface area contributed by atoms with E-state index in [0.29, 0.717) is 11.5 Å². The second-order valence-corrected chi connectivity index (χ2v) is 2.16. The van der Waals surface area contributed by atoms with Gasteiger partial charge in [0.2, 0.25) is 0 Å². The van der Waals surface area contributed by atoms with Crippen molar-refractivity contribution in [3.05, 3.63) is 24.5 Å². The van der Waals surface area contributed by atoms with Gasteiger partial charge in [0.15, 0.2) is 0 Å². The van der Waals surface area contributed by atoms with Crippen molar-refractivity contribution < 1.29 is 9.47 Å². The summed E-state index contributed by atoms with van der Waals surface area (Å²) in [6.07, 6.45) is 4.93. The summed E-state index contributed by atoms with van der Waals surface area (Å²) >= 11 is 0. The summed E-state index contributed by atoms with van der Waals surface area (Å²) in [7, 11) is 3.17. The highest BCUT2D eigenvalue weighted by Gasteiger charge is 2.05. The molecule has 1 rings (SSSR count). The number of ether oxygens (including phenoxy) is 2. The molecule has 0 unspecified atom stereocenters. The van der Waals surface area contributed by atoms with E-state index in [9.17, 15) is 0 Å². The van der Waals surface area contributed by atoms with E-state index in [1.165, 1.54) is 0 Å². The van der Waals surface area contributed by atoms with Crippen molar-refractivity contribution in [2.24, 2.45) is 0 Å². The molecule has 0 aliphatic rings. The zero-order valence-corrected chi connectivity index (χ0v) is 7.20. The molecule has 0 aliphatic carbocycles. The normalized spacial score (nSPS) is 9.17. The topological polar surface area (TPSA) is 31.4 Å². The van der Waals surface area contributed by atoms with Crippen LogP contribution in [0, 0.1) is 0 Å². The second-order valence-electron chi connectivity index (χ2n) is 2.16. The van der Waals surface area contributed by atoms with Crippen molar-refractivity contribution in [3.8, 4) is 11.5 Å². The molecule has 3 heteroatoms. The van der Waals surface area contributed by atoms with Gasteiger partial charge >= 0.3 is 0 Å². The largest absolute Gasteiger partial charge is 0.494 e. The number of hydrogen-bond acceptors (Lipinski definition) is 3. The van der Waals surface area contributed by atoms with Gasteiger partial charge in [-0.15, -0.1) is 0 Å². The summed E-state index contributed by atoms with van der Waals surface area (Å²) in [6.45, 7) is 3.66. The first-order valence-corrected chi connectivity index (χ1v) is 3.52. The predicted molar refractivity (Wildman–Crippen MR) is 47.4 cm³/mol. The Bertz CT molecular complexity index is 262. The van der Waals surface area contributed by atoms with E-state index >= 15 is 0 Å². The van der Waals surface area contributed by atoms with Crippen LogP contribution in [-0.4, -0.2) is 19.2 Å². The molecule has 64 valence electrons. The number of aromatic nitrogens is 1. The fourth-order valence-electron chi connectivity index (χ4n) is 0.960. The first-order chi connectivity index (χ1) is 5.83. The lowest BCUT2D eigenvalue weighted by atomic mass is 10.2. The van der Waals surface area contributed by atoms with E-state index in [2.05, 4.69) is 11.6 Å². The smallest absolute Gasteiger partial charge is 0.148 e. The SMILES string of the molecule is C=Cc1c(OC)cncc1OC. The van der Waals surface area contributed by atoms with Crippen LogP contribution in [0.15, 0.2) is 19.0 Å². The Morgan fingerprint density at radius 1 is 1.25 bits per heavy atom. The summed E-state index contributed by atoms with van der Waals surface area (Å²) in [4.78, 5) is 3.94. The molecule has 0 aromatic carbocycles. The van der Waals surface area contributed by atoms with Crippen LogP contribution in [-0.2, 0) is 0 Å². The van der Waals surface area contributed by atoms with Gasteiger partial charge in [0.25, 0.3) is 0 Å². The molecule has 0 atom stereocenters. The third-order valence-corrected chi connectivity index (χ3v) is 1.56. The van der Waals surface area contributed by atoms with E-state index in [-0.39, 0.29) is 0 Å². The van der Waals surface area contributed by atoms with E-state index in [0.717, 1.165) is 5.56 Å². The molecule has 1 heterocycles. The minimum absolute atomic E-state index is 0.671. The highest BCUT2D eigenvalue weighted by atomic mass is 16.5. The molecule has 0 N–H and O–H groups in total. The van der Waals surface area contributed by atoms with Crippen molar-refractivity contribution in [2.75, 3.05) is 14.2 Å². The Hall–Kier alpha value is -1.51. The van der Waals surface area contributed by atoms with E-state index in [1.807, 2.05) is 0 Å². The molecule has 12 heavy (non-hydrogen) atoms. The molecule has 0 saturated carbocycles. The van der Waals surface area contributed by atoms with Crippen LogP contribution in [0.2, 0.25) is 0 Å². The van der Waals surface area contributed by atoms with E-state index in [1.54, 1.807) is 32.7 Å². The van der Waals surface area contributed by atoms with Gasteiger partial charge in [0, 0.05) is 0 Å². The first-order valence-electron chi connectivity index (χ1n) is 3.52. The molecule has 1 aromatic rings. The Morgan fingerprint density at radius 3 is 2.08 bits per heavy atom. The maximum absolute atomic E-state index is 5.06. The molecule has 0 bridgehead atoms. The molecule has 0 spiro atoms. The summed E-state index contributed by atoms with van der Waals surface area (Å²) in [5.41, 5.74) is 0.829. The highest BCUT2D eigenvalue weighted by molar-refractivity contribution is 5.61. The van der Waals surface area contributed by atoms with Gasteiger partial charge in [-0.3, -0.25) is 4.98 Å². The summed E-state index contributed by atoms with van der Waals surface area (Å²) < 4.78 is 10.1. The number of rotatable bonds is 3. The van der Waals surface area contributed by atoms with Crippen molar-refractivity contribution >= 4 is 6.08 Å². The Balaban J connectivity index is 3.21. The quantitative estimate of drug-likeness (QED) is 0.683. The van der Waals surface area contributed by atoms with Crippen LogP contribution in [0.5, 0.6) is 11.5 Å². The molecular formula is C9H11NO2. The standard InChI is InChI=1S/C9H11NO2/c1-4-7-8(11-2)5-10-6-9(7)12-3/h4-6H,1H2,2-3H3. The number of pyridine rings is 1. The fraction of sp³-hybridized carbons (Fsp3) is 0.222. The van der Waals surface area contributed by atoms with Crippen molar-refractivity contribution in [1.29, 1.82) is 0 Å². The summed E-state index contributed by atoms with van der Waals surface area (Å²) in [5, 5.41) is 0. The van der Waals surface area contributed by atoms with Crippen molar-refractivity contribution in [2.45, 2.75) is 0 Å². The molecule has 3 nitrogen and oxygen atoms in total. The van der Waals surface area contributed by atoms with Gasteiger partial charge in [0.05, 0.1) is 32.2 Å². The van der Waals surface area contributed by atoms with E-state index < -0.39 is 0 Å². The van der Waals surface area contributed by atoms with Gasteiger partial charge in [-0.25, -0.2) is 0 Å². The first kappa shape index (κ1) is 8.59. The summed E-state index contributed by atoms with van der Waals surface area (Å²) in [6, 6.07) is 0. The lowest BCUT2D eigenvalue weighted by molar-refractivity contribution is 0.389. The number of hydrogen-bond donors (Lipinski definition) is 0. The zero-order valence-electron chi connectivity index (χ0n) is 7.20. The minimum Gasteiger partial charge on any atom is -0.494 e.